The van der Waals surface area contributed by atoms with E-state index in [1.54, 1.807) is 19.1 Å². The van der Waals surface area contributed by atoms with Crippen molar-refractivity contribution in [3.05, 3.63) is 27.1 Å². The van der Waals surface area contributed by atoms with E-state index in [1.807, 2.05) is 0 Å². The first-order valence-electron chi connectivity index (χ1n) is 6.32. The van der Waals surface area contributed by atoms with Gasteiger partial charge in [0.15, 0.2) is 11.5 Å². The molecular weight excluding hydrogens is 370 g/mol. The number of benzene rings is 1. The Balaban J connectivity index is 2.40. The topological polar surface area (TPSA) is 66.8 Å². The number of halogens is 1. The lowest BCUT2D eigenvalue weighted by atomic mass is 10.1. The number of carbonyl (C=O) groups is 2. The van der Waals surface area contributed by atoms with Gasteiger partial charge >= 0.3 is 0 Å². The van der Waals surface area contributed by atoms with Gasteiger partial charge in [-0.15, -0.1) is 6.42 Å². The summed E-state index contributed by atoms with van der Waals surface area (Å²) in [7, 11) is 0. The molecule has 0 atom stereocenters. The number of terminal acetylenes is 1. The van der Waals surface area contributed by atoms with Gasteiger partial charge < -0.3 is 9.84 Å². The van der Waals surface area contributed by atoms with Crippen LogP contribution >= 0.6 is 27.7 Å². The number of nitrogens with zero attached hydrogens (tertiary/aromatic N) is 1. The van der Waals surface area contributed by atoms with Gasteiger partial charge in [0.05, 0.1) is 18.1 Å². The molecule has 2 rings (SSSR count). The van der Waals surface area contributed by atoms with E-state index >= 15 is 0 Å². The lowest BCUT2D eigenvalue weighted by molar-refractivity contribution is -0.122. The second-order valence-corrected chi connectivity index (χ2v) is 6.16. The standard InChI is InChI=1S/C15H12BrNO4S/c1-3-5-17-14(19)12(22-15(17)20)7-9-6-10(16)8-11(13(9)18)21-4-2/h1,6-8,18H,4-5H2,2H3/b12-7+. The number of thioether (sulfide) groups is 1. The quantitative estimate of drug-likeness (QED) is 0.640. The van der Waals surface area contributed by atoms with E-state index in [1.165, 1.54) is 6.08 Å². The van der Waals surface area contributed by atoms with Gasteiger partial charge in [0.1, 0.15) is 0 Å². The first-order chi connectivity index (χ1) is 10.5. The SMILES string of the molecule is C#CCN1C(=O)S/C(=C/c2cc(Br)cc(OCC)c2O)C1=O. The van der Waals surface area contributed by atoms with Crippen LogP contribution in [0, 0.1) is 12.3 Å². The minimum Gasteiger partial charge on any atom is -0.504 e. The molecule has 1 saturated heterocycles. The Morgan fingerprint density at radius 2 is 2.23 bits per heavy atom. The van der Waals surface area contributed by atoms with Crippen LogP contribution in [0.5, 0.6) is 11.5 Å². The molecule has 22 heavy (non-hydrogen) atoms. The zero-order valence-electron chi connectivity index (χ0n) is 11.6. The van der Waals surface area contributed by atoms with Crippen LogP contribution in [0.2, 0.25) is 0 Å². The summed E-state index contributed by atoms with van der Waals surface area (Å²) in [5.74, 6) is 2.01. The first kappa shape index (κ1) is 16.5. The maximum atomic E-state index is 12.1. The summed E-state index contributed by atoms with van der Waals surface area (Å²) in [4.78, 5) is 25.0. The van der Waals surface area contributed by atoms with Gasteiger partial charge in [-0.05, 0) is 36.9 Å². The maximum absolute atomic E-state index is 12.1. The van der Waals surface area contributed by atoms with Crippen molar-refractivity contribution < 1.29 is 19.4 Å². The Hall–Kier alpha value is -1.91. The smallest absolute Gasteiger partial charge is 0.294 e. The van der Waals surface area contributed by atoms with E-state index in [2.05, 4.69) is 21.9 Å². The van der Waals surface area contributed by atoms with Crippen molar-refractivity contribution in [2.75, 3.05) is 13.2 Å². The molecule has 0 spiro atoms. The van der Waals surface area contributed by atoms with Crippen LogP contribution < -0.4 is 4.74 Å². The molecule has 1 aromatic rings. The molecule has 0 aromatic heterocycles. The number of imide groups is 1. The summed E-state index contributed by atoms with van der Waals surface area (Å²) in [5, 5.41) is 9.76. The summed E-state index contributed by atoms with van der Waals surface area (Å²) in [5.41, 5.74) is 0.379. The summed E-state index contributed by atoms with van der Waals surface area (Å²) in [6, 6.07) is 3.26. The van der Waals surface area contributed by atoms with Crippen LogP contribution in [-0.2, 0) is 4.79 Å². The summed E-state index contributed by atoms with van der Waals surface area (Å²) in [6.45, 7) is 2.12. The Labute approximate surface area is 140 Å². The largest absolute Gasteiger partial charge is 0.504 e. The Bertz CT molecular complexity index is 708. The highest BCUT2D eigenvalue weighted by Crippen LogP contribution is 2.38. The Morgan fingerprint density at radius 1 is 1.50 bits per heavy atom. The molecule has 2 amide bonds. The van der Waals surface area contributed by atoms with Gasteiger partial charge in [0.2, 0.25) is 0 Å². The predicted molar refractivity (Wildman–Crippen MR) is 88.5 cm³/mol. The van der Waals surface area contributed by atoms with Crippen LogP contribution in [0.25, 0.3) is 6.08 Å². The highest BCUT2D eigenvalue weighted by molar-refractivity contribution is 9.10. The van der Waals surface area contributed by atoms with Crippen molar-refractivity contribution in [2.45, 2.75) is 6.92 Å². The fourth-order valence-electron chi connectivity index (χ4n) is 1.84. The molecule has 5 nitrogen and oxygen atoms in total. The molecule has 1 aliphatic heterocycles. The van der Waals surface area contributed by atoms with Crippen molar-refractivity contribution >= 4 is 44.9 Å². The fraction of sp³-hybridized carbons (Fsp3) is 0.200. The molecule has 0 radical (unpaired) electrons. The molecule has 1 N–H and O–H groups in total. The molecule has 0 aliphatic carbocycles. The summed E-state index contributed by atoms with van der Waals surface area (Å²) >= 11 is 4.10. The number of phenolic OH excluding ortho intramolecular Hbond substituents is 1. The predicted octanol–water partition coefficient (Wildman–Crippen LogP) is 3.22. The van der Waals surface area contributed by atoms with Gasteiger partial charge in [-0.3, -0.25) is 14.5 Å². The fourth-order valence-corrected chi connectivity index (χ4v) is 3.12. The number of carbonyl (C=O) groups excluding carboxylic acids is 2. The third-order valence-electron chi connectivity index (χ3n) is 2.78. The van der Waals surface area contributed by atoms with Gasteiger partial charge in [0, 0.05) is 10.0 Å². The number of hydrogen-bond acceptors (Lipinski definition) is 5. The van der Waals surface area contributed by atoms with E-state index in [4.69, 9.17) is 11.2 Å². The monoisotopic (exact) mass is 381 g/mol. The molecule has 0 unspecified atom stereocenters. The van der Waals surface area contributed by atoms with E-state index < -0.39 is 11.1 Å². The van der Waals surface area contributed by atoms with E-state index in [0.717, 1.165) is 16.7 Å². The number of amides is 2. The van der Waals surface area contributed by atoms with Crippen LogP contribution in [0.4, 0.5) is 4.79 Å². The maximum Gasteiger partial charge on any atom is 0.294 e. The third-order valence-corrected chi connectivity index (χ3v) is 4.14. The number of phenols is 1. The van der Waals surface area contributed by atoms with Gasteiger partial charge in [-0.2, -0.15) is 0 Å². The zero-order valence-corrected chi connectivity index (χ0v) is 14.0. The second kappa shape index (κ2) is 6.90. The van der Waals surface area contributed by atoms with E-state index in [0.29, 0.717) is 22.4 Å². The number of rotatable bonds is 4. The molecule has 1 heterocycles. The Kier molecular flexibility index (Phi) is 5.16. The lowest BCUT2D eigenvalue weighted by Crippen LogP contribution is -2.28. The number of hydrogen-bond donors (Lipinski definition) is 1. The van der Waals surface area contributed by atoms with Crippen molar-refractivity contribution in [2.24, 2.45) is 0 Å². The average Bonchev–Trinajstić information content (AvgIpc) is 2.72. The highest BCUT2D eigenvalue weighted by atomic mass is 79.9. The van der Waals surface area contributed by atoms with Crippen molar-refractivity contribution in [1.82, 2.24) is 4.90 Å². The molecule has 0 bridgehead atoms. The van der Waals surface area contributed by atoms with Gasteiger partial charge in [-0.1, -0.05) is 21.9 Å². The van der Waals surface area contributed by atoms with Crippen molar-refractivity contribution in [3.63, 3.8) is 0 Å². The van der Waals surface area contributed by atoms with Crippen LogP contribution in [0.15, 0.2) is 21.5 Å². The van der Waals surface area contributed by atoms with Gasteiger partial charge in [0.25, 0.3) is 11.1 Å². The molecular formula is C15H12BrNO4S. The first-order valence-corrected chi connectivity index (χ1v) is 7.93. The minimum absolute atomic E-state index is 0.0727. The number of ether oxygens (including phenoxy) is 1. The number of aromatic hydroxyl groups is 1. The van der Waals surface area contributed by atoms with Crippen LogP contribution in [0.1, 0.15) is 12.5 Å². The molecule has 1 aliphatic rings. The molecule has 1 aromatic carbocycles. The normalized spacial score (nSPS) is 16.2. The van der Waals surface area contributed by atoms with E-state index in [-0.39, 0.29) is 17.2 Å². The Morgan fingerprint density at radius 3 is 2.86 bits per heavy atom. The summed E-state index contributed by atoms with van der Waals surface area (Å²) in [6.07, 6.45) is 6.59. The molecule has 7 heteroatoms. The molecule has 1 fully saturated rings. The second-order valence-electron chi connectivity index (χ2n) is 4.25. The van der Waals surface area contributed by atoms with Crippen LogP contribution in [-0.4, -0.2) is 34.3 Å². The van der Waals surface area contributed by atoms with Gasteiger partial charge in [-0.25, -0.2) is 0 Å². The van der Waals surface area contributed by atoms with Crippen molar-refractivity contribution in [1.29, 1.82) is 0 Å². The third kappa shape index (κ3) is 3.29. The van der Waals surface area contributed by atoms with Crippen molar-refractivity contribution in [3.8, 4) is 23.8 Å². The molecule has 0 saturated carbocycles. The summed E-state index contributed by atoms with van der Waals surface area (Å²) < 4.78 is 6.01. The average molecular weight is 382 g/mol. The zero-order chi connectivity index (χ0) is 16.3. The van der Waals surface area contributed by atoms with Crippen LogP contribution in [0.3, 0.4) is 0 Å². The lowest BCUT2D eigenvalue weighted by Gasteiger charge is -2.09. The minimum atomic E-state index is -0.467. The van der Waals surface area contributed by atoms with E-state index in [9.17, 15) is 14.7 Å². The highest BCUT2D eigenvalue weighted by Gasteiger charge is 2.34. The molecule has 114 valence electrons.